The normalized spacial score (nSPS) is 10.1. The Balaban J connectivity index is 2.30. The standard InChI is InChI=1S/C9H8N4O2S/c1-10-9-11-8(12-16-9)6-2-4-7(5-3-6)13(14)15/h2-5H,1H3,(H,10,11,12). The van der Waals surface area contributed by atoms with Crippen molar-refractivity contribution in [2.75, 3.05) is 12.4 Å². The van der Waals surface area contributed by atoms with Gasteiger partial charge < -0.3 is 5.32 Å². The smallest absolute Gasteiger partial charge is 0.269 e. The molecule has 0 bridgehead atoms. The van der Waals surface area contributed by atoms with E-state index < -0.39 is 4.92 Å². The van der Waals surface area contributed by atoms with Crippen LogP contribution in [0.25, 0.3) is 11.4 Å². The highest BCUT2D eigenvalue weighted by atomic mass is 32.1. The third-order valence-electron chi connectivity index (χ3n) is 1.98. The minimum absolute atomic E-state index is 0.0628. The fraction of sp³-hybridized carbons (Fsp3) is 0.111. The molecule has 0 saturated carbocycles. The number of hydrogen-bond donors (Lipinski definition) is 1. The largest absolute Gasteiger partial charge is 0.363 e. The Morgan fingerprint density at radius 3 is 2.56 bits per heavy atom. The number of non-ortho nitro benzene ring substituents is 1. The van der Waals surface area contributed by atoms with Crippen LogP contribution >= 0.6 is 11.5 Å². The summed E-state index contributed by atoms with van der Waals surface area (Å²) in [5, 5.41) is 14.1. The van der Waals surface area contributed by atoms with E-state index in [1.165, 1.54) is 23.7 Å². The zero-order valence-electron chi connectivity index (χ0n) is 8.38. The van der Waals surface area contributed by atoms with Crippen LogP contribution in [-0.2, 0) is 0 Å². The molecule has 0 aliphatic heterocycles. The maximum Gasteiger partial charge on any atom is 0.269 e. The fourth-order valence-corrected chi connectivity index (χ4v) is 1.71. The van der Waals surface area contributed by atoms with Crippen molar-refractivity contribution < 1.29 is 4.92 Å². The Labute approximate surface area is 95.3 Å². The number of anilines is 1. The number of aromatic nitrogens is 2. The summed E-state index contributed by atoms with van der Waals surface area (Å²) in [5.41, 5.74) is 0.830. The molecule has 0 spiro atoms. The first-order valence-electron chi connectivity index (χ1n) is 4.47. The molecule has 1 aromatic carbocycles. The minimum atomic E-state index is -0.433. The molecule has 1 N–H and O–H groups in total. The lowest BCUT2D eigenvalue weighted by Gasteiger charge is -1.94. The topological polar surface area (TPSA) is 81.0 Å². The van der Waals surface area contributed by atoms with Crippen molar-refractivity contribution in [3.8, 4) is 11.4 Å². The van der Waals surface area contributed by atoms with Gasteiger partial charge in [0.1, 0.15) is 0 Å². The van der Waals surface area contributed by atoms with E-state index in [0.29, 0.717) is 11.0 Å². The predicted octanol–water partition coefficient (Wildman–Crippen LogP) is 2.16. The molecule has 0 fully saturated rings. The SMILES string of the molecule is CNc1nc(-c2ccc([N+](=O)[O-])cc2)ns1. The molecular formula is C9H8N4O2S. The summed E-state index contributed by atoms with van der Waals surface area (Å²) in [6.45, 7) is 0. The van der Waals surface area contributed by atoms with Gasteiger partial charge >= 0.3 is 0 Å². The Morgan fingerprint density at radius 2 is 2.06 bits per heavy atom. The number of rotatable bonds is 3. The van der Waals surface area contributed by atoms with E-state index in [2.05, 4.69) is 14.7 Å². The molecule has 0 aliphatic rings. The molecule has 0 atom stereocenters. The summed E-state index contributed by atoms with van der Waals surface area (Å²) in [7, 11) is 1.76. The van der Waals surface area contributed by atoms with Gasteiger partial charge in [0, 0.05) is 36.3 Å². The van der Waals surface area contributed by atoms with Crippen LogP contribution in [0.1, 0.15) is 0 Å². The van der Waals surface area contributed by atoms with Crippen molar-refractivity contribution in [2.45, 2.75) is 0 Å². The van der Waals surface area contributed by atoms with Gasteiger partial charge in [-0.3, -0.25) is 10.1 Å². The van der Waals surface area contributed by atoms with Gasteiger partial charge in [-0.25, -0.2) is 0 Å². The van der Waals surface area contributed by atoms with Gasteiger partial charge in [0.15, 0.2) is 5.82 Å². The Morgan fingerprint density at radius 1 is 1.38 bits per heavy atom. The Kier molecular flexibility index (Phi) is 2.78. The second-order valence-corrected chi connectivity index (χ2v) is 3.73. The maximum absolute atomic E-state index is 10.5. The molecule has 2 aromatic rings. The van der Waals surface area contributed by atoms with Crippen LogP contribution in [0.3, 0.4) is 0 Å². The molecule has 0 radical (unpaired) electrons. The second kappa shape index (κ2) is 4.23. The molecule has 0 saturated heterocycles. The van der Waals surface area contributed by atoms with Crippen LogP contribution in [0.15, 0.2) is 24.3 Å². The van der Waals surface area contributed by atoms with Crippen molar-refractivity contribution in [3.63, 3.8) is 0 Å². The van der Waals surface area contributed by atoms with Crippen LogP contribution < -0.4 is 5.32 Å². The maximum atomic E-state index is 10.5. The van der Waals surface area contributed by atoms with E-state index in [1.807, 2.05) is 0 Å². The number of hydrogen-bond acceptors (Lipinski definition) is 6. The third-order valence-corrected chi connectivity index (χ3v) is 2.71. The number of benzene rings is 1. The first-order valence-corrected chi connectivity index (χ1v) is 5.24. The molecule has 0 amide bonds. The number of nitrogens with zero attached hydrogens (tertiary/aromatic N) is 3. The van der Waals surface area contributed by atoms with E-state index in [9.17, 15) is 10.1 Å². The van der Waals surface area contributed by atoms with E-state index in [0.717, 1.165) is 5.56 Å². The highest BCUT2D eigenvalue weighted by Gasteiger charge is 2.08. The van der Waals surface area contributed by atoms with Gasteiger partial charge in [0.2, 0.25) is 5.13 Å². The summed E-state index contributed by atoms with van der Waals surface area (Å²) in [5.74, 6) is 0.573. The van der Waals surface area contributed by atoms with E-state index in [4.69, 9.17) is 0 Å². The van der Waals surface area contributed by atoms with Crippen LogP contribution in [0, 0.1) is 10.1 Å². The molecule has 82 valence electrons. The highest BCUT2D eigenvalue weighted by molar-refractivity contribution is 7.09. The van der Waals surface area contributed by atoms with Crippen molar-refractivity contribution >= 4 is 22.4 Å². The molecule has 1 aromatic heterocycles. The summed E-state index contributed by atoms with van der Waals surface area (Å²) >= 11 is 1.25. The quantitative estimate of drug-likeness (QED) is 0.652. The van der Waals surface area contributed by atoms with Gasteiger partial charge in [0.25, 0.3) is 5.69 Å². The van der Waals surface area contributed by atoms with Gasteiger partial charge in [-0.15, -0.1) is 0 Å². The summed E-state index contributed by atoms with van der Waals surface area (Å²) in [6, 6.07) is 6.16. The Bertz CT molecular complexity index is 508. The molecule has 0 aliphatic carbocycles. The third kappa shape index (κ3) is 1.98. The monoisotopic (exact) mass is 236 g/mol. The van der Waals surface area contributed by atoms with Crippen molar-refractivity contribution in [1.29, 1.82) is 0 Å². The molecule has 6 nitrogen and oxygen atoms in total. The molecule has 7 heteroatoms. The van der Waals surface area contributed by atoms with Crippen LogP contribution in [0.4, 0.5) is 10.8 Å². The number of nitrogens with one attached hydrogen (secondary N) is 1. The van der Waals surface area contributed by atoms with Gasteiger partial charge in [-0.05, 0) is 12.1 Å². The fourth-order valence-electron chi connectivity index (χ4n) is 1.17. The van der Waals surface area contributed by atoms with Crippen LogP contribution in [-0.4, -0.2) is 21.3 Å². The molecule has 0 unspecified atom stereocenters. The zero-order chi connectivity index (χ0) is 11.5. The molecular weight excluding hydrogens is 228 g/mol. The van der Waals surface area contributed by atoms with Gasteiger partial charge in [-0.1, -0.05) is 0 Å². The number of nitro groups is 1. The highest BCUT2D eigenvalue weighted by Crippen LogP contribution is 2.22. The summed E-state index contributed by atoms with van der Waals surface area (Å²) in [4.78, 5) is 14.2. The van der Waals surface area contributed by atoms with Crippen molar-refractivity contribution in [1.82, 2.24) is 9.36 Å². The van der Waals surface area contributed by atoms with E-state index in [-0.39, 0.29) is 5.69 Å². The minimum Gasteiger partial charge on any atom is -0.363 e. The Hall–Kier alpha value is -2.02. The predicted molar refractivity (Wildman–Crippen MR) is 61.5 cm³/mol. The first kappa shape index (κ1) is 10.5. The summed E-state index contributed by atoms with van der Waals surface area (Å²) in [6.07, 6.45) is 0. The average Bonchev–Trinajstić information content (AvgIpc) is 2.77. The lowest BCUT2D eigenvalue weighted by atomic mass is 10.2. The summed E-state index contributed by atoms with van der Waals surface area (Å²) < 4.78 is 4.13. The zero-order valence-corrected chi connectivity index (χ0v) is 9.19. The molecule has 2 rings (SSSR count). The first-order chi connectivity index (χ1) is 7.70. The average molecular weight is 236 g/mol. The lowest BCUT2D eigenvalue weighted by molar-refractivity contribution is -0.384. The van der Waals surface area contributed by atoms with Crippen LogP contribution in [0.5, 0.6) is 0 Å². The van der Waals surface area contributed by atoms with E-state index >= 15 is 0 Å². The number of nitro benzene ring substituents is 1. The molecule has 16 heavy (non-hydrogen) atoms. The van der Waals surface area contributed by atoms with E-state index in [1.54, 1.807) is 19.2 Å². The van der Waals surface area contributed by atoms with Crippen molar-refractivity contribution in [2.24, 2.45) is 0 Å². The lowest BCUT2D eigenvalue weighted by Crippen LogP contribution is -1.88. The van der Waals surface area contributed by atoms with Crippen molar-refractivity contribution in [3.05, 3.63) is 34.4 Å². The van der Waals surface area contributed by atoms with Gasteiger partial charge in [0.05, 0.1) is 4.92 Å². The van der Waals surface area contributed by atoms with Gasteiger partial charge in [-0.2, -0.15) is 9.36 Å². The second-order valence-electron chi connectivity index (χ2n) is 2.98. The molecule has 1 heterocycles. The van der Waals surface area contributed by atoms with Crippen LogP contribution in [0.2, 0.25) is 0 Å².